The third kappa shape index (κ3) is 20.1. The molecule has 0 saturated heterocycles. The lowest BCUT2D eigenvalue weighted by atomic mass is 9.70. The van der Waals surface area contributed by atoms with Gasteiger partial charge in [-0.2, -0.15) is 0 Å². The standard InChI is InChI=1S/C63H107NO4/c1-7-13-18-23-26-28-31-35-42-52(49-54(41-12-6)62(67)68)53(43-34-30-21-16-10-4)50-55-60(65)56(61(55)66)51-59-63(46-38-32-25-20-15-9-3,47-39-33-29-27-24-19-14-8-2)57-44-36-37-45-58(57)64(59)48-40-22-17-11-5/h36-37,44-45,50-54,65H,7-35,38-43,46-49H2,1-6H3,(H,67,68). The van der Waals surface area contributed by atoms with Crippen molar-refractivity contribution in [3.63, 3.8) is 0 Å². The molecule has 0 aromatic heterocycles. The molecule has 388 valence electrons. The van der Waals surface area contributed by atoms with Crippen molar-refractivity contribution >= 4 is 17.4 Å². The summed E-state index contributed by atoms with van der Waals surface area (Å²) >= 11 is 0. The predicted octanol–water partition coefficient (Wildman–Crippen LogP) is 19.8. The number of para-hydroxylation sites is 1. The molecule has 0 amide bonds. The number of carbonyl (C=O) groups excluding carboxylic acids is 1. The zero-order valence-electron chi connectivity index (χ0n) is 45.4. The number of fused-ring (bicyclic) bond motifs is 1. The van der Waals surface area contributed by atoms with E-state index in [1.165, 1.54) is 184 Å². The fourth-order valence-corrected chi connectivity index (χ4v) is 11.8. The summed E-state index contributed by atoms with van der Waals surface area (Å²) in [5, 5.41) is 22.7. The van der Waals surface area contributed by atoms with Crippen LogP contribution in [-0.2, 0) is 15.0 Å². The van der Waals surface area contributed by atoms with E-state index >= 15 is 0 Å². The normalized spacial score (nSPS) is 18.4. The molecule has 0 bridgehead atoms. The number of aliphatic hydroxyl groups excluding tert-OH is 1. The molecule has 1 aliphatic heterocycles. The van der Waals surface area contributed by atoms with Gasteiger partial charge < -0.3 is 15.1 Å². The van der Waals surface area contributed by atoms with Crippen LogP contribution in [0.25, 0.3) is 0 Å². The van der Waals surface area contributed by atoms with Crippen LogP contribution in [0, 0.1) is 17.8 Å². The van der Waals surface area contributed by atoms with Gasteiger partial charge in [0.25, 0.3) is 0 Å². The summed E-state index contributed by atoms with van der Waals surface area (Å²) in [6, 6.07) is 9.14. The summed E-state index contributed by atoms with van der Waals surface area (Å²) < 4.78 is 0. The van der Waals surface area contributed by atoms with Gasteiger partial charge in [-0.15, -0.1) is 0 Å². The number of anilines is 1. The zero-order chi connectivity index (χ0) is 49.2. The first kappa shape index (κ1) is 59.5. The van der Waals surface area contributed by atoms with Gasteiger partial charge in [-0.05, 0) is 74.5 Å². The number of rotatable bonds is 44. The van der Waals surface area contributed by atoms with Crippen molar-refractivity contribution in [2.24, 2.45) is 17.8 Å². The summed E-state index contributed by atoms with van der Waals surface area (Å²) in [4.78, 5) is 30.0. The number of aliphatic hydroxyl groups is 1. The molecule has 1 heterocycles. The number of ketones is 1. The van der Waals surface area contributed by atoms with Crippen molar-refractivity contribution in [3.05, 3.63) is 64.6 Å². The molecule has 1 aromatic rings. The predicted molar refractivity (Wildman–Crippen MR) is 294 cm³/mol. The van der Waals surface area contributed by atoms with E-state index in [9.17, 15) is 19.8 Å². The van der Waals surface area contributed by atoms with Crippen molar-refractivity contribution in [1.82, 2.24) is 0 Å². The van der Waals surface area contributed by atoms with E-state index < -0.39 is 5.97 Å². The highest BCUT2D eigenvalue weighted by atomic mass is 16.4. The summed E-state index contributed by atoms with van der Waals surface area (Å²) in [5.74, 6) is -0.696. The van der Waals surface area contributed by atoms with E-state index in [1.54, 1.807) is 0 Å². The van der Waals surface area contributed by atoms with Crippen LogP contribution in [0.3, 0.4) is 0 Å². The Morgan fingerprint density at radius 3 is 1.51 bits per heavy atom. The van der Waals surface area contributed by atoms with Crippen LogP contribution in [0.5, 0.6) is 0 Å². The van der Waals surface area contributed by atoms with Gasteiger partial charge in [-0.1, -0.05) is 265 Å². The molecule has 0 radical (unpaired) electrons. The van der Waals surface area contributed by atoms with Gasteiger partial charge in [0, 0.05) is 23.3 Å². The van der Waals surface area contributed by atoms with Gasteiger partial charge in [0.15, 0.2) is 5.78 Å². The lowest BCUT2D eigenvalue weighted by Crippen LogP contribution is -2.34. The Balaban J connectivity index is 2.10. The first-order chi connectivity index (χ1) is 33.2. The molecule has 0 saturated carbocycles. The highest BCUT2D eigenvalue weighted by Crippen LogP contribution is 2.55. The van der Waals surface area contributed by atoms with E-state index in [0.29, 0.717) is 24.0 Å². The lowest BCUT2D eigenvalue weighted by Gasteiger charge is -2.36. The third-order valence-electron chi connectivity index (χ3n) is 16.1. The van der Waals surface area contributed by atoms with Gasteiger partial charge in [0.1, 0.15) is 5.76 Å². The van der Waals surface area contributed by atoms with E-state index in [2.05, 4.69) is 82.9 Å². The minimum absolute atomic E-state index is 0.0254. The Morgan fingerprint density at radius 2 is 1.03 bits per heavy atom. The molecular formula is C63H107NO4. The van der Waals surface area contributed by atoms with Crippen molar-refractivity contribution in [2.45, 2.75) is 291 Å². The summed E-state index contributed by atoms with van der Waals surface area (Å²) in [5.41, 5.74) is 4.73. The molecule has 1 aromatic carbocycles. The van der Waals surface area contributed by atoms with Gasteiger partial charge >= 0.3 is 5.97 Å². The molecule has 1 aliphatic carbocycles. The minimum atomic E-state index is -0.688. The quantitative estimate of drug-likeness (QED) is 0.0503. The van der Waals surface area contributed by atoms with Crippen LogP contribution in [0.15, 0.2) is 59.0 Å². The van der Waals surface area contributed by atoms with Gasteiger partial charge in [-0.25, -0.2) is 0 Å². The number of allylic oxidation sites excluding steroid dienone is 5. The van der Waals surface area contributed by atoms with Crippen molar-refractivity contribution in [2.75, 3.05) is 11.4 Å². The number of hydrogen-bond donors (Lipinski definition) is 2. The Morgan fingerprint density at radius 1 is 0.574 bits per heavy atom. The van der Waals surface area contributed by atoms with Crippen LogP contribution in [0.4, 0.5) is 5.69 Å². The van der Waals surface area contributed by atoms with Crippen LogP contribution in [0.1, 0.15) is 291 Å². The second-order valence-corrected chi connectivity index (χ2v) is 21.7. The second kappa shape index (κ2) is 36.2. The Hall–Kier alpha value is -2.82. The molecule has 5 heteroatoms. The van der Waals surface area contributed by atoms with Crippen LogP contribution >= 0.6 is 0 Å². The maximum atomic E-state index is 14.8. The monoisotopic (exact) mass is 942 g/mol. The maximum Gasteiger partial charge on any atom is 0.306 e. The number of carbonyl (C=O) groups is 2. The smallest absolute Gasteiger partial charge is 0.306 e. The third-order valence-corrected chi connectivity index (χ3v) is 16.1. The number of carboxylic acids is 1. The number of benzene rings is 1. The average Bonchev–Trinajstić information content (AvgIpc) is 3.59. The van der Waals surface area contributed by atoms with Crippen molar-refractivity contribution < 1.29 is 19.8 Å². The largest absolute Gasteiger partial charge is 0.506 e. The van der Waals surface area contributed by atoms with Crippen LogP contribution < -0.4 is 4.90 Å². The summed E-state index contributed by atoms with van der Waals surface area (Å²) in [7, 11) is 0. The maximum absolute atomic E-state index is 14.8. The molecule has 5 nitrogen and oxygen atoms in total. The molecule has 2 aliphatic rings. The zero-order valence-corrected chi connectivity index (χ0v) is 45.4. The number of aliphatic carboxylic acids is 1. The molecule has 3 rings (SSSR count). The number of carboxylic acid groups (broad SMARTS) is 1. The van der Waals surface area contributed by atoms with Crippen molar-refractivity contribution in [3.8, 4) is 0 Å². The van der Waals surface area contributed by atoms with E-state index in [4.69, 9.17) is 0 Å². The molecule has 2 N–H and O–H groups in total. The molecule has 4 unspecified atom stereocenters. The average molecular weight is 943 g/mol. The second-order valence-electron chi connectivity index (χ2n) is 21.7. The van der Waals surface area contributed by atoms with E-state index in [-0.39, 0.29) is 34.7 Å². The molecular weight excluding hydrogens is 835 g/mol. The van der Waals surface area contributed by atoms with Gasteiger partial charge in [0.05, 0.1) is 17.1 Å². The molecule has 0 spiro atoms. The fourth-order valence-electron chi connectivity index (χ4n) is 11.8. The number of unbranched alkanes of at least 4 members (excludes halogenated alkanes) is 26. The first-order valence-corrected chi connectivity index (χ1v) is 29.8. The van der Waals surface area contributed by atoms with Crippen LogP contribution in [-0.4, -0.2) is 28.5 Å². The number of nitrogens with zero attached hydrogens (tertiary/aromatic N) is 1. The molecule has 0 fully saturated rings. The number of Topliss-reactive ketones (excluding diaryl/α,β-unsaturated/α-hetero) is 1. The molecule has 4 atom stereocenters. The number of hydrogen-bond acceptors (Lipinski definition) is 4. The Labute approximate surface area is 420 Å². The van der Waals surface area contributed by atoms with E-state index in [1.807, 2.05) is 0 Å². The first-order valence-electron chi connectivity index (χ1n) is 29.8. The summed E-state index contributed by atoms with van der Waals surface area (Å²) in [6.07, 6.45) is 48.8. The molecule has 68 heavy (non-hydrogen) atoms. The lowest BCUT2D eigenvalue weighted by molar-refractivity contribution is -0.142. The van der Waals surface area contributed by atoms with E-state index in [0.717, 1.165) is 70.8 Å². The fraction of sp³-hybridized carbons (Fsp3) is 0.778. The Bertz CT molecular complexity index is 1610. The SMILES string of the molecule is CCCCCCCCCCC(CC(CCC)C(=O)O)C(C=C1C(=O)C(C=C2N(CCCCCC)c3ccccc3C2(CCCCCCCC)CCCCCCCCCC)=C1O)CCCCCCC. The van der Waals surface area contributed by atoms with Crippen molar-refractivity contribution in [1.29, 1.82) is 0 Å². The van der Waals surface area contributed by atoms with Gasteiger partial charge in [-0.3, -0.25) is 9.59 Å². The summed E-state index contributed by atoms with van der Waals surface area (Å²) in [6.45, 7) is 14.4. The Kier molecular flexibility index (Phi) is 31.6. The van der Waals surface area contributed by atoms with Crippen LogP contribution in [0.2, 0.25) is 0 Å². The minimum Gasteiger partial charge on any atom is -0.506 e. The topological polar surface area (TPSA) is 77.8 Å². The highest BCUT2D eigenvalue weighted by Gasteiger charge is 2.47. The van der Waals surface area contributed by atoms with Gasteiger partial charge in [0.2, 0.25) is 0 Å². The highest BCUT2D eigenvalue weighted by molar-refractivity contribution is 6.21.